The highest BCUT2D eigenvalue weighted by Crippen LogP contribution is 2.19. The molecule has 1 aromatic heterocycles. The molecule has 1 amide bonds. The molecule has 0 fully saturated rings. The van der Waals surface area contributed by atoms with Crippen LogP contribution in [-0.2, 0) is 13.2 Å². The van der Waals surface area contributed by atoms with Crippen LogP contribution in [0.3, 0.4) is 0 Å². The number of nitrogens with zero attached hydrogens (tertiary/aromatic N) is 2. The van der Waals surface area contributed by atoms with Crippen molar-refractivity contribution in [3.63, 3.8) is 0 Å². The Morgan fingerprint density at radius 1 is 0.970 bits per heavy atom. The first-order valence-corrected chi connectivity index (χ1v) is 10.8. The summed E-state index contributed by atoms with van der Waals surface area (Å²) in [6, 6.07) is 24.2. The van der Waals surface area contributed by atoms with Gasteiger partial charge in [-0.15, -0.1) is 0 Å². The van der Waals surface area contributed by atoms with Gasteiger partial charge in [0.2, 0.25) is 0 Å². The molecule has 0 bridgehead atoms. The summed E-state index contributed by atoms with van der Waals surface area (Å²) >= 11 is 6.07. The Kier molecular flexibility index (Phi) is 6.95. The van der Waals surface area contributed by atoms with E-state index in [1.165, 1.54) is 0 Å². The van der Waals surface area contributed by atoms with Gasteiger partial charge in [-0.3, -0.25) is 9.48 Å². The average molecular weight is 462 g/mol. The minimum absolute atomic E-state index is 0.218. The van der Waals surface area contributed by atoms with E-state index >= 15 is 0 Å². The van der Waals surface area contributed by atoms with E-state index < -0.39 is 0 Å². The first kappa shape index (κ1) is 22.4. The van der Waals surface area contributed by atoms with Gasteiger partial charge in [-0.2, -0.15) is 5.10 Å². The van der Waals surface area contributed by atoms with Gasteiger partial charge in [0.1, 0.15) is 18.1 Å². The van der Waals surface area contributed by atoms with E-state index in [1.54, 1.807) is 19.2 Å². The zero-order valence-electron chi connectivity index (χ0n) is 18.4. The number of methoxy groups -OCH3 is 1. The Bertz CT molecular complexity index is 1230. The first-order chi connectivity index (χ1) is 16.0. The molecule has 6 nitrogen and oxygen atoms in total. The summed E-state index contributed by atoms with van der Waals surface area (Å²) in [5.41, 5.74) is 3.49. The molecular weight excluding hydrogens is 438 g/mol. The van der Waals surface area contributed by atoms with E-state index in [-0.39, 0.29) is 5.91 Å². The number of benzene rings is 3. The SMILES string of the molecule is COc1ccc(OCc2ccc(C(=O)Nc3cc(C)n(Cc4cccc(Cl)c4)n3)cc2)cc1. The van der Waals surface area contributed by atoms with Crippen molar-refractivity contribution in [1.82, 2.24) is 9.78 Å². The molecule has 0 radical (unpaired) electrons. The summed E-state index contributed by atoms with van der Waals surface area (Å²) in [6.45, 7) is 2.93. The van der Waals surface area contributed by atoms with E-state index in [4.69, 9.17) is 21.1 Å². The Morgan fingerprint density at radius 2 is 1.70 bits per heavy atom. The quantitative estimate of drug-likeness (QED) is 0.363. The number of ether oxygens (including phenoxy) is 2. The van der Waals surface area contributed by atoms with Crippen LogP contribution in [0.25, 0.3) is 0 Å². The van der Waals surface area contributed by atoms with Crippen LogP contribution in [0.4, 0.5) is 5.82 Å². The van der Waals surface area contributed by atoms with Crippen molar-refractivity contribution in [3.05, 3.63) is 106 Å². The fourth-order valence-corrected chi connectivity index (χ4v) is 3.53. The monoisotopic (exact) mass is 461 g/mol. The Morgan fingerprint density at radius 3 is 2.39 bits per heavy atom. The van der Waals surface area contributed by atoms with Gasteiger partial charge in [-0.25, -0.2) is 0 Å². The number of hydrogen-bond acceptors (Lipinski definition) is 4. The van der Waals surface area contributed by atoms with Gasteiger partial charge < -0.3 is 14.8 Å². The van der Waals surface area contributed by atoms with E-state index in [1.807, 2.05) is 78.3 Å². The summed E-state index contributed by atoms with van der Waals surface area (Å²) < 4.78 is 12.8. The third-order valence-electron chi connectivity index (χ3n) is 5.13. The Labute approximate surface area is 197 Å². The second-order valence-corrected chi connectivity index (χ2v) is 8.01. The van der Waals surface area contributed by atoms with Crippen molar-refractivity contribution in [2.45, 2.75) is 20.1 Å². The summed E-state index contributed by atoms with van der Waals surface area (Å²) in [7, 11) is 1.63. The first-order valence-electron chi connectivity index (χ1n) is 10.5. The lowest BCUT2D eigenvalue weighted by atomic mass is 10.1. The number of carbonyl (C=O) groups excluding carboxylic acids is 1. The number of aromatic nitrogens is 2. The molecule has 0 atom stereocenters. The molecular formula is C26H24ClN3O3. The number of rotatable bonds is 8. The molecule has 3 aromatic carbocycles. The Hall–Kier alpha value is -3.77. The van der Waals surface area contributed by atoms with Gasteiger partial charge in [-0.05, 0) is 66.6 Å². The fourth-order valence-electron chi connectivity index (χ4n) is 3.32. The maximum absolute atomic E-state index is 12.7. The normalized spacial score (nSPS) is 10.6. The molecule has 168 valence electrons. The van der Waals surface area contributed by atoms with Crippen molar-refractivity contribution in [2.24, 2.45) is 0 Å². The zero-order chi connectivity index (χ0) is 23.2. The molecule has 4 rings (SSSR count). The molecule has 33 heavy (non-hydrogen) atoms. The topological polar surface area (TPSA) is 65.4 Å². The van der Waals surface area contributed by atoms with Crippen molar-refractivity contribution < 1.29 is 14.3 Å². The molecule has 0 aliphatic carbocycles. The van der Waals surface area contributed by atoms with E-state index in [0.717, 1.165) is 28.3 Å². The highest BCUT2D eigenvalue weighted by molar-refractivity contribution is 6.30. The molecule has 0 saturated heterocycles. The van der Waals surface area contributed by atoms with Crippen LogP contribution < -0.4 is 14.8 Å². The lowest BCUT2D eigenvalue weighted by molar-refractivity contribution is 0.102. The van der Waals surface area contributed by atoms with Gasteiger partial charge in [0.05, 0.1) is 13.7 Å². The number of anilines is 1. The minimum atomic E-state index is -0.218. The van der Waals surface area contributed by atoms with Crippen molar-refractivity contribution in [2.75, 3.05) is 12.4 Å². The number of hydrogen-bond donors (Lipinski definition) is 1. The molecule has 0 saturated carbocycles. The molecule has 7 heteroatoms. The average Bonchev–Trinajstić information content (AvgIpc) is 3.16. The summed E-state index contributed by atoms with van der Waals surface area (Å²) in [6.07, 6.45) is 0. The van der Waals surface area contributed by atoms with Gasteiger partial charge in [0, 0.05) is 22.3 Å². The van der Waals surface area contributed by atoms with Gasteiger partial charge in [-0.1, -0.05) is 35.9 Å². The highest BCUT2D eigenvalue weighted by Gasteiger charge is 2.11. The Balaban J connectivity index is 1.34. The van der Waals surface area contributed by atoms with Crippen LogP contribution in [0, 0.1) is 6.92 Å². The number of aryl methyl sites for hydroxylation is 1. The number of halogens is 1. The smallest absolute Gasteiger partial charge is 0.256 e. The van der Waals surface area contributed by atoms with Crippen LogP contribution >= 0.6 is 11.6 Å². The van der Waals surface area contributed by atoms with Crippen LogP contribution in [-0.4, -0.2) is 22.8 Å². The van der Waals surface area contributed by atoms with Crippen LogP contribution in [0.5, 0.6) is 11.5 Å². The van der Waals surface area contributed by atoms with Crippen LogP contribution in [0.1, 0.15) is 27.2 Å². The lowest BCUT2D eigenvalue weighted by Gasteiger charge is -2.08. The maximum atomic E-state index is 12.7. The molecule has 0 aliphatic rings. The number of amides is 1. The zero-order valence-corrected chi connectivity index (χ0v) is 19.2. The molecule has 1 N–H and O–H groups in total. The molecule has 0 spiro atoms. The minimum Gasteiger partial charge on any atom is -0.497 e. The number of carbonyl (C=O) groups is 1. The summed E-state index contributed by atoms with van der Waals surface area (Å²) in [4.78, 5) is 12.7. The van der Waals surface area contributed by atoms with Crippen molar-refractivity contribution in [3.8, 4) is 11.5 Å². The summed E-state index contributed by atoms with van der Waals surface area (Å²) in [5.74, 6) is 1.82. The predicted molar refractivity (Wildman–Crippen MR) is 129 cm³/mol. The maximum Gasteiger partial charge on any atom is 0.256 e. The van der Waals surface area contributed by atoms with E-state index in [2.05, 4.69) is 10.4 Å². The van der Waals surface area contributed by atoms with Gasteiger partial charge >= 0.3 is 0 Å². The molecule has 0 unspecified atom stereocenters. The van der Waals surface area contributed by atoms with Crippen LogP contribution in [0.15, 0.2) is 78.9 Å². The molecule has 1 heterocycles. The highest BCUT2D eigenvalue weighted by atomic mass is 35.5. The van der Waals surface area contributed by atoms with Crippen molar-refractivity contribution >= 4 is 23.3 Å². The third-order valence-corrected chi connectivity index (χ3v) is 5.36. The van der Waals surface area contributed by atoms with Gasteiger partial charge in [0.25, 0.3) is 5.91 Å². The molecule has 4 aromatic rings. The predicted octanol–water partition coefficient (Wildman–Crippen LogP) is 5.73. The molecule has 0 aliphatic heterocycles. The van der Waals surface area contributed by atoms with Gasteiger partial charge in [0.15, 0.2) is 5.82 Å². The van der Waals surface area contributed by atoms with Crippen LogP contribution in [0.2, 0.25) is 5.02 Å². The van der Waals surface area contributed by atoms with E-state index in [9.17, 15) is 4.79 Å². The summed E-state index contributed by atoms with van der Waals surface area (Å²) in [5, 5.41) is 8.05. The fraction of sp³-hybridized carbons (Fsp3) is 0.154. The second kappa shape index (κ2) is 10.2. The lowest BCUT2D eigenvalue weighted by Crippen LogP contribution is -2.13. The number of nitrogens with one attached hydrogen (secondary N) is 1. The van der Waals surface area contributed by atoms with Crippen molar-refractivity contribution in [1.29, 1.82) is 0 Å². The standard InChI is InChI=1S/C26H24ClN3O3/c1-18-14-25(29-30(18)16-20-4-3-5-22(27)15-20)28-26(31)21-8-6-19(7-9-21)17-33-24-12-10-23(32-2)11-13-24/h3-15H,16-17H2,1-2H3,(H,28,29,31). The van der Waals surface area contributed by atoms with E-state index in [0.29, 0.717) is 29.6 Å². The largest absolute Gasteiger partial charge is 0.497 e. The second-order valence-electron chi connectivity index (χ2n) is 7.57. The third kappa shape index (κ3) is 5.93.